The maximum atomic E-state index is 13.8. The molecule has 0 radical (unpaired) electrons. The maximum absolute atomic E-state index is 13.8. The molecule has 0 saturated carbocycles. The predicted molar refractivity (Wildman–Crippen MR) is 113 cm³/mol. The molecule has 4 aromatic rings. The average Bonchev–Trinajstić information content (AvgIpc) is 2.83. The first kappa shape index (κ1) is 25.8. The number of alkyl halides is 8. The van der Waals surface area contributed by atoms with E-state index in [1.54, 1.807) is 0 Å². The molecule has 0 aliphatic heterocycles. The van der Waals surface area contributed by atoms with Crippen LogP contribution in [0.1, 0.15) is 24.0 Å². The number of halogens is 8. The van der Waals surface area contributed by atoms with Crippen LogP contribution >= 0.6 is 0 Å². The number of anilines is 2. The Hall–Kier alpha value is -4.30. The molecule has 0 bridgehead atoms. The molecule has 4 heterocycles. The minimum absolute atomic E-state index is 0.00379. The second-order valence-corrected chi connectivity index (χ2v) is 7.58. The lowest BCUT2D eigenvalue weighted by Crippen LogP contribution is -2.11. The van der Waals surface area contributed by atoms with Crippen LogP contribution in [-0.2, 0) is 18.3 Å². The normalized spacial score (nSPS) is 12.5. The molecule has 4 rings (SSSR count). The van der Waals surface area contributed by atoms with E-state index < -0.39 is 41.2 Å². The number of aromatic nitrogens is 6. The van der Waals surface area contributed by atoms with Crippen molar-refractivity contribution in [3.8, 4) is 22.9 Å². The molecule has 0 spiro atoms. The monoisotopic (exact) mass is 527 g/mol. The molecule has 4 aromatic heterocycles. The van der Waals surface area contributed by atoms with Gasteiger partial charge in [0.25, 0.3) is 5.92 Å². The minimum atomic E-state index is -4.79. The van der Waals surface area contributed by atoms with E-state index in [-0.39, 0.29) is 28.7 Å². The van der Waals surface area contributed by atoms with Crippen LogP contribution in [0.25, 0.3) is 22.9 Å². The topological polar surface area (TPSA) is 89.4 Å². The fraction of sp³-hybridized carbons (Fsp3) is 0.182. The summed E-state index contributed by atoms with van der Waals surface area (Å²) in [7, 11) is 0. The summed E-state index contributed by atoms with van der Waals surface area (Å²) in [4.78, 5) is 22.4. The second-order valence-electron chi connectivity index (χ2n) is 7.58. The zero-order valence-corrected chi connectivity index (χ0v) is 18.4. The molecule has 7 nitrogen and oxygen atoms in total. The fourth-order valence-corrected chi connectivity index (χ4v) is 2.99. The smallest absolute Gasteiger partial charge is 0.324 e. The Bertz CT molecular complexity index is 1360. The molecule has 0 aliphatic carbocycles. The van der Waals surface area contributed by atoms with Crippen LogP contribution < -0.4 is 5.32 Å². The van der Waals surface area contributed by atoms with E-state index in [9.17, 15) is 35.1 Å². The fourth-order valence-electron chi connectivity index (χ4n) is 2.99. The number of pyridine rings is 3. The van der Waals surface area contributed by atoms with Gasteiger partial charge in [-0.15, -0.1) is 0 Å². The summed E-state index contributed by atoms with van der Waals surface area (Å²) < 4.78 is 106. The Balaban J connectivity index is 1.85. The second kappa shape index (κ2) is 9.29. The molecular formula is C22H13F8N7. The third kappa shape index (κ3) is 6.10. The number of hydrogen-bond acceptors (Lipinski definition) is 7. The van der Waals surface area contributed by atoms with Gasteiger partial charge < -0.3 is 5.32 Å². The molecule has 0 aromatic carbocycles. The van der Waals surface area contributed by atoms with E-state index in [0.717, 1.165) is 30.6 Å². The Morgan fingerprint density at radius 1 is 0.649 bits per heavy atom. The molecule has 1 N–H and O–H groups in total. The van der Waals surface area contributed by atoms with Crippen molar-refractivity contribution >= 4 is 11.6 Å². The zero-order valence-electron chi connectivity index (χ0n) is 18.4. The van der Waals surface area contributed by atoms with Gasteiger partial charge in [-0.05, 0) is 36.4 Å². The first-order valence-electron chi connectivity index (χ1n) is 10.2. The number of nitrogens with one attached hydrogen (secondary N) is 1. The molecule has 37 heavy (non-hydrogen) atoms. The van der Waals surface area contributed by atoms with Gasteiger partial charge in [0.05, 0.1) is 0 Å². The molecule has 0 aliphatic rings. The van der Waals surface area contributed by atoms with E-state index in [1.807, 2.05) is 0 Å². The van der Waals surface area contributed by atoms with E-state index >= 15 is 0 Å². The Morgan fingerprint density at radius 3 is 1.97 bits per heavy atom. The molecule has 0 saturated heterocycles. The highest BCUT2D eigenvalue weighted by atomic mass is 19.4. The quantitative estimate of drug-likeness (QED) is 0.306. The van der Waals surface area contributed by atoms with E-state index in [0.29, 0.717) is 13.0 Å². The van der Waals surface area contributed by atoms with Crippen LogP contribution in [-0.4, -0.2) is 29.9 Å². The molecule has 0 unspecified atom stereocenters. The van der Waals surface area contributed by atoms with Gasteiger partial charge in [-0.1, -0.05) is 6.07 Å². The highest BCUT2D eigenvalue weighted by Crippen LogP contribution is 2.32. The third-order valence-electron chi connectivity index (χ3n) is 4.68. The summed E-state index contributed by atoms with van der Waals surface area (Å²) in [5.41, 5.74) is -3.61. The van der Waals surface area contributed by atoms with Gasteiger partial charge >= 0.3 is 12.4 Å². The first-order chi connectivity index (χ1) is 17.2. The summed E-state index contributed by atoms with van der Waals surface area (Å²) in [6.07, 6.45) is -7.61. The average molecular weight is 527 g/mol. The molecular weight excluding hydrogens is 514 g/mol. The summed E-state index contributed by atoms with van der Waals surface area (Å²) in [5.74, 6) is -4.39. The van der Waals surface area contributed by atoms with Crippen LogP contribution in [0.5, 0.6) is 0 Å². The lowest BCUT2D eigenvalue weighted by atomic mass is 10.1. The minimum Gasteiger partial charge on any atom is -0.324 e. The number of rotatable bonds is 5. The largest absolute Gasteiger partial charge is 0.433 e. The van der Waals surface area contributed by atoms with Gasteiger partial charge in [-0.2, -0.15) is 45.1 Å². The molecule has 192 valence electrons. The lowest BCUT2D eigenvalue weighted by Gasteiger charge is -2.13. The van der Waals surface area contributed by atoms with Crippen LogP contribution in [0.15, 0.2) is 54.9 Å². The standard InChI is InChI=1S/C22H13F8N7/c1-20(23,24)15-9-11(5-7-31-15)17-35-18(13-3-2-4-14(34-13)21(25,26)27)37-19(36-17)33-12-6-8-32-16(10-12)22(28,29)30/h2-10H,1H3,(H,32,33,35,36,37). The maximum Gasteiger partial charge on any atom is 0.433 e. The Kier molecular flexibility index (Phi) is 6.48. The summed E-state index contributed by atoms with van der Waals surface area (Å²) >= 11 is 0. The number of hydrogen-bond donors (Lipinski definition) is 1. The summed E-state index contributed by atoms with van der Waals surface area (Å²) in [6.45, 7) is 0.610. The van der Waals surface area contributed by atoms with E-state index in [4.69, 9.17) is 0 Å². The highest BCUT2D eigenvalue weighted by Gasteiger charge is 2.34. The van der Waals surface area contributed by atoms with Gasteiger partial charge in [0.15, 0.2) is 11.6 Å². The van der Waals surface area contributed by atoms with Crippen LogP contribution in [0.3, 0.4) is 0 Å². The van der Waals surface area contributed by atoms with Crippen molar-refractivity contribution in [2.75, 3.05) is 5.32 Å². The first-order valence-corrected chi connectivity index (χ1v) is 10.2. The third-order valence-corrected chi connectivity index (χ3v) is 4.68. The van der Waals surface area contributed by atoms with Crippen molar-refractivity contribution in [1.29, 1.82) is 0 Å². The van der Waals surface area contributed by atoms with Crippen molar-refractivity contribution in [2.24, 2.45) is 0 Å². The summed E-state index contributed by atoms with van der Waals surface area (Å²) in [5, 5.41) is 2.51. The Labute approximate surface area is 202 Å². The molecule has 0 amide bonds. The van der Waals surface area contributed by atoms with Gasteiger partial charge in [0, 0.05) is 30.6 Å². The van der Waals surface area contributed by atoms with Crippen LogP contribution in [0, 0.1) is 0 Å². The molecule has 0 atom stereocenters. The Morgan fingerprint density at radius 2 is 1.30 bits per heavy atom. The SMILES string of the molecule is CC(F)(F)c1cc(-c2nc(Nc3ccnc(C(F)(F)F)c3)nc(-c3cccc(C(F)(F)F)n3)n2)ccn1. The van der Waals surface area contributed by atoms with Crippen molar-refractivity contribution < 1.29 is 35.1 Å². The lowest BCUT2D eigenvalue weighted by molar-refractivity contribution is -0.141. The van der Waals surface area contributed by atoms with Crippen LogP contribution in [0.4, 0.5) is 46.8 Å². The van der Waals surface area contributed by atoms with Crippen molar-refractivity contribution in [2.45, 2.75) is 25.2 Å². The van der Waals surface area contributed by atoms with E-state index in [2.05, 4.69) is 35.2 Å². The van der Waals surface area contributed by atoms with Gasteiger partial charge in [0.2, 0.25) is 5.95 Å². The van der Waals surface area contributed by atoms with E-state index in [1.165, 1.54) is 18.2 Å². The van der Waals surface area contributed by atoms with Gasteiger partial charge in [-0.25, -0.2) is 9.97 Å². The van der Waals surface area contributed by atoms with Crippen molar-refractivity contribution in [3.05, 3.63) is 71.9 Å². The number of nitrogens with zero attached hydrogens (tertiary/aromatic N) is 6. The molecule has 0 fully saturated rings. The summed E-state index contributed by atoms with van der Waals surface area (Å²) in [6, 6.07) is 7.02. The molecule has 15 heteroatoms. The zero-order chi connectivity index (χ0) is 27.0. The van der Waals surface area contributed by atoms with Gasteiger partial charge in [0.1, 0.15) is 22.8 Å². The predicted octanol–water partition coefficient (Wildman–Crippen LogP) is 6.28. The highest BCUT2D eigenvalue weighted by molar-refractivity contribution is 5.63. The van der Waals surface area contributed by atoms with Gasteiger partial charge in [-0.3, -0.25) is 9.97 Å². The van der Waals surface area contributed by atoms with Crippen molar-refractivity contribution in [3.63, 3.8) is 0 Å². The van der Waals surface area contributed by atoms with Crippen molar-refractivity contribution in [1.82, 2.24) is 29.9 Å². The van der Waals surface area contributed by atoms with Crippen LogP contribution in [0.2, 0.25) is 0 Å².